The molecule has 27 heavy (non-hydrogen) atoms. The molecule has 7 nitrogen and oxygen atoms in total. The molecule has 2 aromatic rings. The maximum atomic E-state index is 12.5. The number of ether oxygens (including phenoxy) is 3. The maximum Gasteiger partial charge on any atom is 0.272 e. The van der Waals surface area contributed by atoms with E-state index in [-0.39, 0.29) is 5.91 Å². The van der Waals surface area contributed by atoms with E-state index in [0.29, 0.717) is 32.0 Å². The number of amides is 1. The van der Waals surface area contributed by atoms with E-state index in [2.05, 4.69) is 10.3 Å². The first kappa shape index (κ1) is 19.0. The minimum absolute atomic E-state index is 0.0539. The first-order chi connectivity index (χ1) is 13.2. The van der Waals surface area contributed by atoms with Crippen molar-refractivity contribution < 1.29 is 19.0 Å². The zero-order valence-electron chi connectivity index (χ0n) is 15.7. The second-order valence-electron chi connectivity index (χ2n) is 6.20. The zero-order chi connectivity index (χ0) is 19.1. The van der Waals surface area contributed by atoms with E-state index < -0.39 is 0 Å². The molecule has 3 rings (SSSR count). The van der Waals surface area contributed by atoms with Gasteiger partial charge in [-0.2, -0.15) is 0 Å². The quantitative estimate of drug-likeness (QED) is 0.805. The van der Waals surface area contributed by atoms with Crippen molar-refractivity contribution in [3.63, 3.8) is 0 Å². The summed E-state index contributed by atoms with van der Waals surface area (Å²) in [5.41, 5.74) is 2.47. The summed E-state index contributed by atoms with van der Waals surface area (Å²) in [5.74, 6) is 1.38. The van der Waals surface area contributed by atoms with E-state index in [4.69, 9.17) is 14.2 Å². The maximum absolute atomic E-state index is 12.5. The van der Waals surface area contributed by atoms with Gasteiger partial charge in [-0.1, -0.05) is 6.07 Å². The van der Waals surface area contributed by atoms with Gasteiger partial charge in [-0.05, 0) is 36.2 Å². The Morgan fingerprint density at radius 1 is 1.15 bits per heavy atom. The number of rotatable bonds is 7. The van der Waals surface area contributed by atoms with E-state index in [1.807, 2.05) is 24.3 Å². The van der Waals surface area contributed by atoms with Crippen LogP contribution in [-0.4, -0.2) is 62.9 Å². The first-order valence-electron chi connectivity index (χ1n) is 8.99. The highest BCUT2D eigenvalue weighted by Gasteiger charge is 2.19. The minimum Gasteiger partial charge on any atom is -0.493 e. The molecule has 1 N–H and O–H groups in total. The first-order valence-corrected chi connectivity index (χ1v) is 8.99. The van der Waals surface area contributed by atoms with Gasteiger partial charge in [0.2, 0.25) is 0 Å². The van der Waals surface area contributed by atoms with Crippen molar-refractivity contribution in [2.24, 2.45) is 0 Å². The highest BCUT2D eigenvalue weighted by Crippen LogP contribution is 2.27. The average molecular weight is 371 g/mol. The Balaban J connectivity index is 1.58. The van der Waals surface area contributed by atoms with Crippen LogP contribution in [0.1, 0.15) is 16.1 Å². The molecule has 1 aromatic carbocycles. The number of nitrogens with one attached hydrogen (secondary N) is 1. The van der Waals surface area contributed by atoms with Crippen molar-refractivity contribution in [2.75, 3.05) is 52.4 Å². The number of pyridine rings is 1. The number of anilines is 1. The Morgan fingerprint density at radius 2 is 1.93 bits per heavy atom. The van der Waals surface area contributed by atoms with Gasteiger partial charge >= 0.3 is 0 Å². The lowest BCUT2D eigenvalue weighted by atomic mass is 10.1. The number of benzene rings is 1. The van der Waals surface area contributed by atoms with Gasteiger partial charge < -0.3 is 24.4 Å². The third-order valence-electron chi connectivity index (χ3n) is 4.47. The van der Waals surface area contributed by atoms with Crippen LogP contribution >= 0.6 is 0 Å². The molecule has 0 bridgehead atoms. The van der Waals surface area contributed by atoms with Crippen LogP contribution in [0.15, 0.2) is 36.5 Å². The molecule has 2 heterocycles. The van der Waals surface area contributed by atoms with Crippen molar-refractivity contribution in [3.8, 4) is 11.5 Å². The molecular formula is C20H25N3O4. The number of morpholine rings is 1. The molecular weight excluding hydrogens is 346 g/mol. The van der Waals surface area contributed by atoms with Crippen LogP contribution in [-0.2, 0) is 11.2 Å². The number of hydrogen-bond donors (Lipinski definition) is 1. The fourth-order valence-corrected chi connectivity index (χ4v) is 2.97. The lowest BCUT2D eigenvalue weighted by Gasteiger charge is -2.26. The molecule has 0 atom stereocenters. The second kappa shape index (κ2) is 9.23. The molecule has 144 valence electrons. The van der Waals surface area contributed by atoms with Crippen LogP contribution in [0.2, 0.25) is 0 Å². The van der Waals surface area contributed by atoms with Gasteiger partial charge in [0.1, 0.15) is 5.69 Å². The Morgan fingerprint density at radius 3 is 2.67 bits per heavy atom. The van der Waals surface area contributed by atoms with Crippen molar-refractivity contribution in [2.45, 2.75) is 6.42 Å². The van der Waals surface area contributed by atoms with Gasteiger partial charge in [0.25, 0.3) is 5.91 Å². The number of aromatic nitrogens is 1. The van der Waals surface area contributed by atoms with Gasteiger partial charge in [-0.15, -0.1) is 0 Å². The highest BCUT2D eigenvalue weighted by atomic mass is 16.5. The van der Waals surface area contributed by atoms with Gasteiger partial charge in [0.15, 0.2) is 11.5 Å². The van der Waals surface area contributed by atoms with Crippen LogP contribution in [0.4, 0.5) is 5.69 Å². The van der Waals surface area contributed by atoms with Gasteiger partial charge in [0.05, 0.1) is 27.4 Å². The Hall–Kier alpha value is -2.80. The normalized spacial score (nSPS) is 13.9. The Bertz CT molecular complexity index is 776. The predicted molar refractivity (Wildman–Crippen MR) is 103 cm³/mol. The monoisotopic (exact) mass is 371 g/mol. The third kappa shape index (κ3) is 4.89. The van der Waals surface area contributed by atoms with E-state index in [0.717, 1.165) is 35.7 Å². The summed E-state index contributed by atoms with van der Waals surface area (Å²) >= 11 is 0. The number of methoxy groups -OCH3 is 2. The topological polar surface area (TPSA) is 72.9 Å². The molecule has 0 aliphatic carbocycles. The van der Waals surface area contributed by atoms with Gasteiger partial charge in [0, 0.05) is 31.5 Å². The second-order valence-corrected chi connectivity index (χ2v) is 6.20. The molecule has 1 saturated heterocycles. The summed E-state index contributed by atoms with van der Waals surface area (Å²) in [7, 11) is 3.25. The van der Waals surface area contributed by atoms with Crippen molar-refractivity contribution in [1.29, 1.82) is 0 Å². The predicted octanol–water partition coefficient (Wildman–Crippen LogP) is 2.23. The van der Waals surface area contributed by atoms with Crippen LogP contribution in [0.3, 0.4) is 0 Å². The number of carbonyl (C=O) groups excluding carboxylic acids is 1. The van der Waals surface area contributed by atoms with Crippen molar-refractivity contribution in [3.05, 3.63) is 47.8 Å². The average Bonchev–Trinajstić information content (AvgIpc) is 2.74. The summed E-state index contributed by atoms with van der Waals surface area (Å²) < 4.78 is 15.9. The molecule has 1 aliphatic rings. The van der Waals surface area contributed by atoms with E-state index >= 15 is 0 Å². The zero-order valence-corrected chi connectivity index (χ0v) is 15.7. The molecule has 0 radical (unpaired) electrons. The highest BCUT2D eigenvalue weighted by molar-refractivity contribution is 5.93. The molecule has 1 aliphatic heterocycles. The summed E-state index contributed by atoms with van der Waals surface area (Å²) in [5, 5.41) is 3.35. The molecule has 0 unspecified atom stereocenters. The smallest absolute Gasteiger partial charge is 0.272 e. The number of carbonyl (C=O) groups is 1. The van der Waals surface area contributed by atoms with Crippen molar-refractivity contribution in [1.82, 2.24) is 9.88 Å². The van der Waals surface area contributed by atoms with Crippen LogP contribution in [0, 0.1) is 0 Å². The molecule has 0 saturated carbocycles. The molecule has 0 spiro atoms. The molecule has 1 amide bonds. The lowest BCUT2D eigenvalue weighted by Crippen LogP contribution is -2.41. The Labute approximate surface area is 159 Å². The van der Waals surface area contributed by atoms with Crippen LogP contribution in [0.25, 0.3) is 0 Å². The van der Waals surface area contributed by atoms with Crippen LogP contribution in [0.5, 0.6) is 11.5 Å². The van der Waals surface area contributed by atoms with E-state index in [1.54, 1.807) is 31.4 Å². The lowest BCUT2D eigenvalue weighted by molar-refractivity contribution is 0.0299. The molecule has 1 fully saturated rings. The molecule has 1 aromatic heterocycles. The fourth-order valence-electron chi connectivity index (χ4n) is 2.97. The summed E-state index contributed by atoms with van der Waals surface area (Å²) in [6.45, 7) is 3.10. The summed E-state index contributed by atoms with van der Waals surface area (Å²) in [6.07, 6.45) is 2.47. The summed E-state index contributed by atoms with van der Waals surface area (Å²) in [6, 6.07) is 9.56. The summed E-state index contributed by atoms with van der Waals surface area (Å²) in [4.78, 5) is 18.5. The fraction of sp³-hybridized carbons (Fsp3) is 0.400. The standard InChI is InChI=1S/C20H25N3O4/c1-25-18-4-3-15(13-19(18)26-2)5-7-21-16-6-8-22-17(14-16)20(24)23-9-11-27-12-10-23/h3-4,6,8,13-14H,5,7,9-12H2,1-2H3,(H,21,22). The SMILES string of the molecule is COc1ccc(CCNc2ccnc(C(=O)N3CCOCC3)c2)cc1OC. The van der Waals surface area contributed by atoms with E-state index in [9.17, 15) is 4.79 Å². The van der Waals surface area contributed by atoms with Gasteiger partial charge in [-0.3, -0.25) is 9.78 Å². The van der Waals surface area contributed by atoms with E-state index in [1.165, 1.54) is 0 Å². The number of nitrogens with zero attached hydrogens (tertiary/aromatic N) is 2. The van der Waals surface area contributed by atoms with Crippen LogP contribution < -0.4 is 14.8 Å². The largest absolute Gasteiger partial charge is 0.493 e. The van der Waals surface area contributed by atoms with Gasteiger partial charge in [-0.25, -0.2) is 0 Å². The Kier molecular flexibility index (Phi) is 6.49. The van der Waals surface area contributed by atoms with Crippen molar-refractivity contribution >= 4 is 11.6 Å². The number of hydrogen-bond acceptors (Lipinski definition) is 6. The third-order valence-corrected chi connectivity index (χ3v) is 4.47. The minimum atomic E-state index is -0.0539. The molecule has 7 heteroatoms.